The van der Waals surface area contributed by atoms with Crippen molar-refractivity contribution in [3.63, 3.8) is 0 Å². The molecule has 1 radical (unpaired) electrons. The molecule has 0 nitrogen and oxygen atoms in total. The molecule has 0 heteroatoms. The van der Waals surface area contributed by atoms with Crippen LogP contribution < -0.4 is 0 Å². The van der Waals surface area contributed by atoms with Gasteiger partial charge >= 0.3 is 0 Å². The van der Waals surface area contributed by atoms with E-state index in [0.717, 1.165) is 17.8 Å². The summed E-state index contributed by atoms with van der Waals surface area (Å²) in [5.74, 6) is 4.40. The lowest BCUT2D eigenvalue weighted by atomic mass is 9.74. The third kappa shape index (κ3) is 7.11. The molecule has 0 aliphatic carbocycles. The first-order chi connectivity index (χ1) is 8.06. The minimum absolute atomic E-state index is 0.834. The van der Waals surface area contributed by atoms with Gasteiger partial charge in [-0.05, 0) is 30.1 Å². The van der Waals surface area contributed by atoms with E-state index in [9.17, 15) is 0 Å². The molecule has 0 bridgehead atoms. The molecule has 0 aromatic rings. The van der Waals surface area contributed by atoms with E-state index >= 15 is 0 Å². The summed E-state index contributed by atoms with van der Waals surface area (Å²) in [7, 11) is 0. The summed E-state index contributed by atoms with van der Waals surface area (Å²) in [6.45, 7) is 14.3. The molecule has 0 rings (SSSR count). The Labute approximate surface area is 111 Å². The van der Waals surface area contributed by atoms with E-state index in [2.05, 4.69) is 41.5 Å². The van der Waals surface area contributed by atoms with Gasteiger partial charge in [-0.25, -0.2) is 0 Å². The molecule has 0 heterocycles. The lowest BCUT2D eigenvalue weighted by Gasteiger charge is -2.31. The van der Waals surface area contributed by atoms with Crippen LogP contribution in [0.25, 0.3) is 0 Å². The lowest BCUT2D eigenvalue weighted by molar-refractivity contribution is 0.348. The van der Waals surface area contributed by atoms with Gasteiger partial charge in [-0.3, -0.25) is 0 Å². The maximum Gasteiger partial charge on any atom is -0.0182 e. The Morgan fingerprint density at radius 2 is 1.41 bits per heavy atom. The molecular weight excluding hydrogens is 204 g/mol. The number of hydrogen-bond acceptors (Lipinski definition) is 0. The molecule has 0 amide bonds. The smallest absolute Gasteiger partial charge is 0.0182 e. The third-order valence-corrected chi connectivity index (χ3v) is 4.26. The molecular formula is C17H35. The molecule has 3 atom stereocenters. The van der Waals surface area contributed by atoms with Gasteiger partial charge in [-0.15, -0.1) is 0 Å². The van der Waals surface area contributed by atoms with E-state index < -0.39 is 0 Å². The fraction of sp³-hybridized carbons (Fsp3) is 0.941. The molecule has 0 spiro atoms. The minimum Gasteiger partial charge on any atom is -0.0654 e. The van der Waals surface area contributed by atoms with Crippen LogP contribution in [0.15, 0.2) is 0 Å². The standard InChI is InChI=1S/C17H35/c1-7-10-12-16(6)17(13-14(4)9-3)15(5)11-8-2/h14-16H,7-13H2,1-6H3. The summed E-state index contributed by atoms with van der Waals surface area (Å²) in [5.41, 5.74) is 0. The maximum atomic E-state index is 2.46. The summed E-state index contributed by atoms with van der Waals surface area (Å²) in [6, 6.07) is 0. The summed E-state index contributed by atoms with van der Waals surface area (Å²) >= 11 is 0. The van der Waals surface area contributed by atoms with Crippen LogP contribution in [0.4, 0.5) is 0 Å². The Morgan fingerprint density at radius 1 is 0.824 bits per heavy atom. The SMILES string of the molecule is CCCCC(C)[C](CC(C)CC)C(C)CCC. The van der Waals surface area contributed by atoms with E-state index in [1.165, 1.54) is 44.9 Å². The van der Waals surface area contributed by atoms with Crippen LogP contribution in [0.2, 0.25) is 0 Å². The molecule has 0 N–H and O–H groups in total. The molecule has 103 valence electrons. The van der Waals surface area contributed by atoms with Crippen LogP contribution in [-0.4, -0.2) is 0 Å². The summed E-state index contributed by atoms with van der Waals surface area (Å²) in [5, 5.41) is 0. The van der Waals surface area contributed by atoms with Gasteiger partial charge in [-0.2, -0.15) is 0 Å². The minimum atomic E-state index is 0.834. The first-order valence-corrected chi connectivity index (χ1v) is 7.92. The van der Waals surface area contributed by atoms with Gasteiger partial charge in [-0.1, -0.05) is 80.1 Å². The summed E-state index contributed by atoms with van der Waals surface area (Å²) in [4.78, 5) is 0. The molecule has 0 aromatic carbocycles. The highest BCUT2D eigenvalue weighted by atomic mass is 14.3. The van der Waals surface area contributed by atoms with Gasteiger partial charge in [0.2, 0.25) is 0 Å². The van der Waals surface area contributed by atoms with E-state index in [-0.39, 0.29) is 0 Å². The zero-order chi connectivity index (χ0) is 13.3. The Balaban J connectivity index is 4.36. The predicted molar refractivity (Wildman–Crippen MR) is 80.1 cm³/mol. The van der Waals surface area contributed by atoms with Crippen LogP contribution in [0.5, 0.6) is 0 Å². The molecule has 0 fully saturated rings. The number of rotatable bonds is 10. The van der Waals surface area contributed by atoms with Crippen LogP contribution in [0.3, 0.4) is 0 Å². The molecule has 3 unspecified atom stereocenters. The van der Waals surface area contributed by atoms with Crippen molar-refractivity contribution in [1.29, 1.82) is 0 Å². The average molecular weight is 239 g/mol. The van der Waals surface area contributed by atoms with E-state index in [0.29, 0.717) is 0 Å². The molecule has 0 saturated heterocycles. The van der Waals surface area contributed by atoms with Gasteiger partial charge in [0.25, 0.3) is 0 Å². The largest absolute Gasteiger partial charge is 0.0654 e. The van der Waals surface area contributed by atoms with Crippen molar-refractivity contribution in [2.45, 2.75) is 86.5 Å². The average Bonchev–Trinajstić information content (AvgIpc) is 2.32. The van der Waals surface area contributed by atoms with E-state index in [1.807, 2.05) is 5.92 Å². The van der Waals surface area contributed by atoms with Crippen molar-refractivity contribution in [2.24, 2.45) is 17.8 Å². The third-order valence-electron chi connectivity index (χ3n) is 4.26. The Kier molecular flexibility index (Phi) is 9.97. The molecule has 0 aliphatic rings. The maximum absolute atomic E-state index is 2.46. The summed E-state index contributed by atoms with van der Waals surface area (Å²) < 4.78 is 0. The van der Waals surface area contributed by atoms with Crippen LogP contribution in [0.1, 0.15) is 86.5 Å². The second-order valence-corrected chi connectivity index (χ2v) is 6.03. The van der Waals surface area contributed by atoms with Crippen molar-refractivity contribution >= 4 is 0 Å². The zero-order valence-corrected chi connectivity index (χ0v) is 13.2. The highest BCUT2D eigenvalue weighted by molar-refractivity contribution is 4.99. The van der Waals surface area contributed by atoms with E-state index in [1.54, 1.807) is 0 Å². The Hall–Kier alpha value is 0. The molecule has 17 heavy (non-hydrogen) atoms. The summed E-state index contributed by atoms with van der Waals surface area (Å²) in [6.07, 6.45) is 9.52. The Bertz CT molecular complexity index is 161. The molecule has 0 saturated carbocycles. The van der Waals surface area contributed by atoms with Gasteiger partial charge in [0.05, 0.1) is 0 Å². The lowest BCUT2D eigenvalue weighted by Crippen LogP contribution is -2.20. The topological polar surface area (TPSA) is 0 Å². The Morgan fingerprint density at radius 3 is 1.88 bits per heavy atom. The first kappa shape index (κ1) is 17.0. The van der Waals surface area contributed by atoms with Gasteiger partial charge < -0.3 is 0 Å². The normalized spacial score (nSPS) is 17.1. The molecule has 0 aliphatic heterocycles. The number of unbranched alkanes of at least 4 members (excludes halogenated alkanes) is 1. The highest BCUT2D eigenvalue weighted by Gasteiger charge is 2.24. The fourth-order valence-electron chi connectivity index (χ4n) is 2.75. The quantitative estimate of drug-likeness (QED) is 0.422. The van der Waals surface area contributed by atoms with Gasteiger partial charge in [0.1, 0.15) is 0 Å². The predicted octanol–water partition coefficient (Wildman–Crippen LogP) is 6.26. The second-order valence-electron chi connectivity index (χ2n) is 6.03. The van der Waals surface area contributed by atoms with Crippen molar-refractivity contribution < 1.29 is 0 Å². The van der Waals surface area contributed by atoms with Crippen LogP contribution in [-0.2, 0) is 0 Å². The van der Waals surface area contributed by atoms with Gasteiger partial charge in [0.15, 0.2) is 0 Å². The van der Waals surface area contributed by atoms with Crippen molar-refractivity contribution in [2.75, 3.05) is 0 Å². The monoisotopic (exact) mass is 239 g/mol. The van der Waals surface area contributed by atoms with Gasteiger partial charge in [0, 0.05) is 0 Å². The van der Waals surface area contributed by atoms with E-state index in [4.69, 9.17) is 0 Å². The van der Waals surface area contributed by atoms with Crippen molar-refractivity contribution in [3.8, 4) is 0 Å². The van der Waals surface area contributed by atoms with Crippen molar-refractivity contribution in [3.05, 3.63) is 5.92 Å². The number of hydrogen-bond donors (Lipinski definition) is 0. The highest BCUT2D eigenvalue weighted by Crippen LogP contribution is 2.36. The van der Waals surface area contributed by atoms with Crippen molar-refractivity contribution in [1.82, 2.24) is 0 Å². The van der Waals surface area contributed by atoms with Crippen LogP contribution in [0, 0.1) is 23.7 Å². The fourth-order valence-corrected chi connectivity index (χ4v) is 2.75. The second kappa shape index (κ2) is 9.97. The zero-order valence-electron chi connectivity index (χ0n) is 13.2. The first-order valence-electron chi connectivity index (χ1n) is 7.92. The molecule has 0 aromatic heterocycles. The van der Waals surface area contributed by atoms with Crippen LogP contribution >= 0.6 is 0 Å².